The van der Waals surface area contributed by atoms with Crippen LogP contribution >= 0.6 is 23.2 Å². The van der Waals surface area contributed by atoms with Crippen LogP contribution in [-0.2, 0) is 0 Å². The Morgan fingerprint density at radius 3 is 2.17 bits per heavy atom. The van der Waals surface area contributed by atoms with E-state index in [9.17, 15) is 0 Å². The summed E-state index contributed by atoms with van der Waals surface area (Å²) >= 11 is 11.6. The number of rotatable bonds is 5. The second-order valence-electron chi connectivity index (χ2n) is 4.81. The van der Waals surface area contributed by atoms with Gasteiger partial charge in [-0.05, 0) is 23.7 Å². The highest BCUT2D eigenvalue weighted by Crippen LogP contribution is 2.51. The highest BCUT2D eigenvalue weighted by molar-refractivity contribution is 6.35. The third-order valence-electron chi connectivity index (χ3n) is 3.54. The van der Waals surface area contributed by atoms with E-state index in [1.807, 2.05) is 24.3 Å². The average molecular weight is 365 g/mol. The smallest absolute Gasteiger partial charge is 0.205 e. The lowest BCUT2D eigenvalue weighted by molar-refractivity contribution is 0.372. The minimum Gasteiger partial charge on any atom is -0.495 e. The number of methoxy groups -OCH3 is 2. The maximum Gasteiger partial charge on any atom is 0.205 e. The first-order chi connectivity index (χ1) is 11.7. The van der Waals surface area contributed by atoms with Gasteiger partial charge in [-0.15, -0.1) is 0 Å². The van der Waals surface area contributed by atoms with Crippen LogP contribution in [0.25, 0.3) is 22.1 Å². The molecule has 3 aromatic rings. The molecule has 0 unspecified atom stereocenters. The summed E-state index contributed by atoms with van der Waals surface area (Å²) in [5.74, 6) is 2.03. The van der Waals surface area contributed by atoms with E-state index < -0.39 is 0 Å². The van der Waals surface area contributed by atoms with Gasteiger partial charge in [0.2, 0.25) is 5.22 Å². The van der Waals surface area contributed by atoms with Crippen molar-refractivity contribution in [2.45, 2.75) is 0 Å². The fourth-order valence-electron chi connectivity index (χ4n) is 2.63. The SMILES string of the molecule is COc1c(O/C(Cl)=C\Cl)c(-c2ccco2)c(OC)c2ccccc12. The van der Waals surface area contributed by atoms with Crippen molar-refractivity contribution in [2.75, 3.05) is 14.2 Å². The maximum absolute atomic E-state index is 5.99. The second kappa shape index (κ2) is 7.07. The monoisotopic (exact) mass is 364 g/mol. The summed E-state index contributed by atoms with van der Waals surface area (Å²) in [5.41, 5.74) is 1.73. The first-order valence-electron chi connectivity index (χ1n) is 7.05. The van der Waals surface area contributed by atoms with Crippen LogP contribution in [-0.4, -0.2) is 14.2 Å². The molecule has 1 heterocycles. The Morgan fingerprint density at radius 2 is 1.62 bits per heavy atom. The molecule has 0 saturated carbocycles. The maximum atomic E-state index is 5.99. The van der Waals surface area contributed by atoms with Crippen LogP contribution in [0.5, 0.6) is 17.2 Å². The van der Waals surface area contributed by atoms with Crippen LogP contribution in [0.2, 0.25) is 0 Å². The predicted octanol–water partition coefficient (Wildman–Crippen LogP) is 5.77. The molecule has 0 saturated heterocycles. The van der Waals surface area contributed by atoms with Gasteiger partial charge in [-0.25, -0.2) is 0 Å². The molecule has 1 aromatic heterocycles. The summed E-state index contributed by atoms with van der Waals surface area (Å²) in [5, 5.41) is 1.68. The first-order valence-corrected chi connectivity index (χ1v) is 7.87. The summed E-state index contributed by atoms with van der Waals surface area (Å²) in [4.78, 5) is 0. The molecule has 4 nitrogen and oxygen atoms in total. The van der Waals surface area contributed by atoms with E-state index in [0.717, 1.165) is 16.3 Å². The van der Waals surface area contributed by atoms with Crippen molar-refractivity contribution < 1.29 is 18.6 Å². The number of hydrogen-bond donors (Lipinski definition) is 0. The van der Waals surface area contributed by atoms with Crippen molar-refractivity contribution in [3.8, 4) is 28.6 Å². The van der Waals surface area contributed by atoms with Gasteiger partial charge in [0, 0.05) is 10.8 Å². The standard InChI is InChI=1S/C18H14Cl2O4/c1-21-16-11-6-3-4-7-12(11)17(22-2)18(24-14(20)10-19)15(16)13-8-5-9-23-13/h3-10H,1-2H3/b14-10-. The Hall–Kier alpha value is -2.30. The summed E-state index contributed by atoms with van der Waals surface area (Å²) in [6, 6.07) is 11.2. The van der Waals surface area contributed by atoms with Crippen LogP contribution in [0.4, 0.5) is 0 Å². The summed E-state index contributed by atoms with van der Waals surface area (Å²) in [7, 11) is 3.15. The van der Waals surface area contributed by atoms with Crippen LogP contribution in [0.15, 0.2) is 57.8 Å². The van der Waals surface area contributed by atoms with Gasteiger partial charge < -0.3 is 18.6 Å². The molecule has 0 spiro atoms. The zero-order chi connectivity index (χ0) is 17.1. The Bertz CT molecular complexity index is 886. The fourth-order valence-corrected chi connectivity index (χ4v) is 2.75. The van der Waals surface area contributed by atoms with Crippen molar-refractivity contribution in [1.29, 1.82) is 0 Å². The molecule has 0 atom stereocenters. The van der Waals surface area contributed by atoms with Gasteiger partial charge in [-0.1, -0.05) is 35.9 Å². The molecule has 0 radical (unpaired) electrons. The summed E-state index contributed by atoms with van der Waals surface area (Å²) in [6.07, 6.45) is 1.57. The van der Waals surface area contributed by atoms with Gasteiger partial charge in [0.25, 0.3) is 0 Å². The van der Waals surface area contributed by atoms with Crippen molar-refractivity contribution in [1.82, 2.24) is 0 Å². The second-order valence-corrected chi connectivity index (χ2v) is 5.40. The van der Waals surface area contributed by atoms with Crippen molar-refractivity contribution in [2.24, 2.45) is 0 Å². The first kappa shape index (κ1) is 16.6. The molecule has 0 N–H and O–H groups in total. The van der Waals surface area contributed by atoms with E-state index in [4.69, 9.17) is 41.8 Å². The number of ether oxygens (including phenoxy) is 3. The molecule has 124 valence electrons. The van der Waals surface area contributed by atoms with Gasteiger partial charge in [0.05, 0.1) is 26.0 Å². The normalized spacial score (nSPS) is 11.6. The van der Waals surface area contributed by atoms with Crippen LogP contribution in [0, 0.1) is 0 Å². The number of halogens is 2. The highest BCUT2D eigenvalue weighted by Gasteiger charge is 2.25. The molecular formula is C18H14Cl2O4. The van der Waals surface area contributed by atoms with Gasteiger partial charge in [-0.2, -0.15) is 0 Å². The zero-order valence-electron chi connectivity index (χ0n) is 13.0. The van der Waals surface area contributed by atoms with E-state index in [1.165, 1.54) is 0 Å². The highest BCUT2D eigenvalue weighted by atomic mass is 35.5. The van der Waals surface area contributed by atoms with Crippen LogP contribution < -0.4 is 14.2 Å². The molecule has 0 aliphatic heterocycles. The van der Waals surface area contributed by atoms with Gasteiger partial charge >= 0.3 is 0 Å². The molecule has 0 aliphatic carbocycles. The molecule has 3 rings (SSSR count). The Balaban J connectivity index is 2.45. The lowest BCUT2D eigenvalue weighted by atomic mass is 10.0. The van der Waals surface area contributed by atoms with E-state index in [1.54, 1.807) is 32.6 Å². The predicted molar refractivity (Wildman–Crippen MR) is 95.2 cm³/mol. The topological polar surface area (TPSA) is 40.8 Å². The molecule has 0 amide bonds. The van der Waals surface area contributed by atoms with E-state index in [2.05, 4.69) is 0 Å². The molecule has 2 aromatic carbocycles. The van der Waals surface area contributed by atoms with E-state index >= 15 is 0 Å². The zero-order valence-corrected chi connectivity index (χ0v) is 14.5. The number of benzene rings is 2. The molecular weight excluding hydrogens is 351 g/mol. The Morgan fingerprint density at radius 1 is 0.958 bits per heavy atom. The summed E-state index contributed by atoms with van der Waals surface area (Å²) in [6.45, 7) is 0. The van der Waals surface area contributed by atoms with Gasteiger partial charge in [0.15, 0.2) is 11.5 Å². The average Bonchev–Trinajstić information content (AvgIpc) is 3.14. The lowest BCUT2D eigenvalue weighted by Crippen LogP contribution is -1.99. The Kier molecular flexibility index (Phi) is 4.88. The van der Waals surface area contributed by atoms with Crippen LogP contribution in [0.1, 0.15) is 0 Å². The van der Waals surface area contributed by atoms with E-state index in [0.29, 0.717) is 28.6 Å². The molecule has 0 aliphatic rings. The number of fused-ring (bicyclic) bond motifs is 1. The van der Waals surface area contributed by atoms with E-state index in [-0.39, 0.29) is 5.22 Å². The number of hydrogen-bond acceptors (Lipinski definition) is 4. The van der Waals surface area contributed by atoms with Gasteiger partial charge in [0.1, 0.15) is 17.1 Å². The molecule has 0 bridgehead atoms. The third-order valence-corrected chi connectivity index (χ3v) is 4.03. The molecule has 0 fully saturated rings. The summed E-state index contributed by atoms with van der Waals surface area (Å²) < 4.78 is 22.5. The molecule has 24 heavy (non-hydrogen) atoms. The largest absolute Gasteiger partial charge is 0.495 e. The fraction of sp³-hybridized carbons (Fsp3) is 0.111. The minimum absolute atomic E-state index is 0.0000990. The van der Waals surface area contributed by atoms with Gasteiger partial charge in [-0.3, -0.25) is 0 Å². The lowest BCUT2D eigenvalue weighted by Gasteiger charge is -2.19. The van der Waals surface area contributed by atoms with Crippen molar-refractivity contribution >= 4 is 34.0 Å². The Labute approximate surface area is 149 Å². The van der Waals surface area contributed by atoms with Crippen molar-refractivity contribution in [3.05, 3.63) is 53.4 Å². The number of furan rings is 1. The molecule has 6 heteroatoms. The third kappa shape index (κ3) is 2.79. The minimum atomic E-state index is 0.0000990. The van der Waals surface area contributed by atoms with Crippen LogP contribution in [0.3, 0.4) is 0 Å². The quantitative estimate of drug-likeness (QED) is 0.538. The van der Waals surface area contributed by atoms with Crippen molar-refractivity contribution in [3.63, 3.8) is 0 Å².